The maximum Gasteiger partial charge on any atom is 0.312 e. The molecule has 1 aromatic rings. The van der Waals surface area contributed by atoms with Gasteiger partial charge < -0.3 is 5.32 Å². The molecule has 1 aromatic heterocycles. The lowest BCUT2D eigenvalue weighted by Crippen LogP contribution is -2.20. The predicted octanol–water partition coefficient (Wildman–Crippen LogP) is 4.41. The van der Waals surface area contributed by atoms with Gasteiger partial charge in [-0.2, -0.15) is 0 Å². The highest BCUT2D eigenvalue weighted by Crippen LogP contribution is 2.26. The average Bonchev–Trinajstić information content (AvgIpc) is 2.38. The normalized spacial score (nSPS) is 12.2. The molecule has 6 heteroatoms. The zero-order valence-electron chi connectivity index (χ0n) is 11.4. The first-order valence-electron chi connectivity index (χ1n) is 6.64. The summed E-state index contributed by atoms with van der Waals surface area (Å²) in [5.41, 5.74) is -0.0647. The van der Waals surface area contributed by atoms with Crippen LogP contribution >= 0.6 is 11.6 Å². The molecule has 0 fully saturated rings. The minimum absolute atomic E-state index is 0.0647. The van der Waals surface area contributed by atoms with Crippen LogP contribution in [0.5, 0.6) is 0 Å². The van der Waals surface area contributed by atoms with E-state index < -0.39 is 4.92 Å². The number of hydrogen-bond donors (Lipinski definition) is 1. The van der Waals surface area contributed by atoms with Gasteiger partial charge in [0.05, 0.1) is 9.95 Å². The SMILES string of the molecule is CCCCC(CCC)Nc1ncc(Cl)cc1[N+](=O)[O-]. The molecule has 0 bridgehead atoms. The second-order valence-corrected chi connectivity index (χ2v) is 4.99. The molecule has 0 saturated heterocycles. The van der Waals surface area contributed by atoms with Crippen LogP contribution in [0.4, 0.5) is 11.5 Å². The Labute approximate surface area is 118 Å². The van der Waals surface area contributed by atoms with Crippen LogP contribution < -0.4 is 5.32 Å². The highest BCUT2D eigenvalue weighted by atomic mass is 35.5. The van der Waals surface area contributed by atoms with Crippen LogP contribution in [0.3, 0.4) is 0 Å². The van der Waals surface area contributed by atoms with Crippen LogP contribution in [0, 0.1) is 10.1 Å². The zero-order chi connectivity index (χ0) is 14.3. The number of hydrogen-bond acceptors (Lipinski definition) is 4. The minimum atomic E-state index is -0.454. The Balaban J connectivity index is 2.85. The topological polar surface area (TPSA) is 68.1 Å². The molecule has 19 heavy (non-hydrogen) atoms. The number of aromatic nitrogens is 1. The second-order valence-electron chi connectivity index (χ2n) is 4.55. The van der Waals surface area contributed by atoms with Crippen LogP contribution in [0.2, 0.25) is 5.02 Å². The van der Waals surface area contributed by atoms with E-state index in [0.717, 1.165) is 32.1 Å². The van der Waals surface area contributed by atoms with E-state index in [4.69, 9.17) is 11.6 Å². The summed E-state index contributed by atoms with van der Waals surface area (Å²) in [5.74, 6) is 0.309. The van der Waals surface area contributed by atoms with Crippen molar-refractivity contribution in [3.05, 3.63) is 27.4 Å². The number of halogens is 1. The third kappa shape index (κ3) is 5.03. The Morgan fingerprint density at radius 3 is 2.74 bits per heavy atom. The third-order valence-corrected chi connectivity index (χ3v) is 3.12. The molecule has 1 rings (SSSR count). The van der Waals surface area contributed by atoms with Gasteiger partial charge in [-0.1, -0.05) is 44.7 Å². The highest BCUT2D eigenvalue weighted by molar-refractivity contribution is 6.30. The summed E-state index contributed by atoms with van der Waals surface area (Å²) in [5, 5.41) is 14.5. The standard InChI is InChI=1S/C13H20ClN3O2/c1-3-5-7-11(6-4-2)16-13-12(17(18)19)8-10(14)9-15-13/h8-9,11H,3-7H2,1-2H3,(H,15,16). The van der Waals surface area contributed by atoms with Crippen LogP contribution in [0.25, 0.3) is 0 Å². The van der Waals surface area contributed by atoms with Crippen LogP contribution in [0.1, 0.15) is 46.0 Å². The van der Waals surface area contributed by atoms with Gasteiger partial charge in [-0.25, -0.2) is 4.98 Å². The molecule has 1 heterocycles. The first kappa shape index (κ1) is 15.7. The maximum atomic E-state index is 11.0. The highest BCUT2D eigenvalue weighted by Gasteiger charge is 2.18. The number of pyridine rings is 1. The third-order valence-electron chi connectivity index (χ3n) is 2.92. The smallest absolute Gasteiger partial charge is 0.312 e. The summed E-state index contributed by atoms with van der Waals surface area (Å²) in [7, 11) is 0. The number of unbranched alkanes of at least 4 members (excludes halogenated alkanes) is 1. The molecule has 0 saturated carbocycles. The first-order valence-corrected chi connectivity index (χ1v) is 7.02. The fourth-order valence-electron chi connectivity index (χ4n) is 1.96. The molecule has 0 aliphatic rings. The van der Waals surface area contributed by atoms with Crippen molar-refractivity contribution >= 4 is 23.1 Å². The van der Waals surface area contributed by atoms with Crippen molar-refractivity contribution in [3.63, 3.8) is 0 Å². The maximum absolute atomic E-state index is 11.0. The van der Waals surface area contributed by atoms with E-state index in [1.165, 1.54) is 12.3 Å². The van der Waals surface area contributed by atoms with E-state index in [1.807, 2.05) is 0 Å². The van der Waals surface area contributed by atoms with Crippen molar-refractivity contribution in [1.29, 1.82) is 0 Å². The Morgan fingerprint density at radius 2 is 2.16 bits per heavy atom. The Hall–Kier alpha value is -1.36. The van der Waals surface area contributed by atoms with Crippen molar-refractivity contribution in [2.24, 2.45) is 0 Å². The lowest BCUT2D eigenvalue weighted by molar-refractivity contribution is -0.384. The molecule has 1 N–H and O–H groups in total. The Bertz CT molecular complexity index is 426. The second kappa shape index (κ2) is 7.94. The zero-order valence-corrected chi connectivity index (χ0v) is 12.1. The minimum Gasteiger partial charge on any atom is -0.362 e. The lowest BCUT2D eigenvalue weighted by atomic mass is 10.1. The fraction of sp³-hybridized carbons (Fsp3) is 0.615. The van der Waals surface area contributed by atoms with Gasteiger partial charge in [0, 0.05) is 18.3 Å². The van der Waals surface area contributed by atoms with Crippen molar-refractivity contribution in [1.82, 2.24) is 4.98 Å². The van der Waals surface area contributed by atoms with Crippen LogP contribution in [0.15, 0.2) is 12.3 Å². The van der Waals surface area contributed by atoms with Gasteiger partial charge in [-0.05, 0) is 12.8 Å². The molecule has 1 unspecified atom stereocenters. The van der Waals surface area contributed by atoms with E-state index in [9.17, 15) is 10.1 Å². The molecule has 0 radical (unpaired) electrons. The average molecular weight is 286 g/mol. The Kier molecular flexibility index (Phi) is 6.56. The summed E-state index contributed by atoms with van der Waals surface area (Å²) >= 11 is 5.75. The van der Waals surface area contributed by atoms with Gasteiger partial charge >= 0.3 is 5.69 Å². The molecule has 5 nitrogen and oxygen atoms in total. The quantitative estimate of drug-likeness (QED) is 0.567. The van der Waals surface area contributed by atoms with E-state index in [2.05, 4.69) is 24.1 Å². The van der Waals surface area contributed by atoms with Crippen molar-refractivity contribution < 1.29 is 4.92 Å². The van der Waals surface area contributed by atoms with Crippen LogP contribution in [-0.2, 0) is 0 Å². The van der Waals surface area contributed by atoms with Gasteiger partial charge in [0.1, 0.15) is 0 Å². The monoisotopic (exact) mass is 285 g/mol. The number of nitrogens with zero attached hydrogens (tertiary/aromatic N) is 2. The summed E-state index contributed by atoms with van der Waals surface area (Å²) in [6, 6.07) is 1.55. The lowest BCUT2D eigenvalue weighted by Gasteiger charge is -2.18. The van der Waals surface area contributed by atoms with Crippen LogP contribution in [-0.4, -0.2) is 15.9 Å². The molecule has 0 aliphatic heterocycles. The molecule has 0 spiro atoms. The van der Waals surface area contributed by atoms with Crippen molar-refractivity contribution in [2.45, 2.75) is 52.0 Å². The van der Waals surface area contributed by atoms with E-state index in [0.29, 0.717) is 5.82 Å². The summed E-state index contributed by atoms with van der Waals surface area (Å²) in [6.07, 6.45) is 6.63. The van der Waals surface area contributed by atoms with Crippen molar-refractivity contribution in [2.75, 3.05) is 5.32 Å². The summed E-state index contributed by atoms with van der Waals surface area (Å²) in [4.78, 5) is 14.6. The number of nitrogens with one attached hydrogen (secondary N) is 1. The van der Waals surface area contributed by atoms with E-state index in [-0.39, 0.29) is 16.8 Å². The molecule has 0 aliphatic carbocycles. The van der Waals surface area contributed by atoms with E-state index in [1.54, 1.807) is 0 Å². The van der Waals surface area contributed by atoms with Gasteiger partial charge in [-0.15, -0.1) is 0 Å². The first-order chi connectivity index (χ1) is 9.08. The van der Waals surface area contributed by atoms with Gasteiger partial charge in [0.25, 0.3) is 0 Å². The fourth-order valence-corrected chi connectivity index (χ4v) is 2.11. The summed E-state index contributed by atoms with van der Waals surface area (Å²) in [6.45, 7) is 4.23. The molecular weight excluding hydrogens is 266 g/mol. The number of anilines is 1. The predicted molar refractivity (Wildman–Crippen MR) is 77.7 cm³/mol. The summed E-state index contributed by atoms with van der Waals surface area (Å²) < 4.78 is 0. The molecule has 0 aromatic carbocycles. The number of nitro groups is 1. The Morgan fingerprint density at radius 1 is 1.42 bits per heavy atom. The number of rotatable bonds is 8. The molecule has 106 valence electrons. The molecule has 1 atom stereocenters. The van der Waals surface area contributed by atoms with Crippen molar-refractivity contribution in [3.8, 4) is 0 Å². The van der Waals surface area contributed by atoms with E-state index >= 15 is 0 Å². The van der Waals surface area contributed by atoms with Gasteiger partial charge in [0.2, 0.25) is 5.82 Å². The van der Waals surface area contributed by atoms with Gasteiger partial charge in [0.15, 0.2) is 0 Å². The molecule has 0 amide bonds. The van der Waals surface area contributed by atoms with Gasteiger partial charge in [-0.3, -0.25) is 10.1 Å². The largest absolute Gasteiger partial charge is 0.362 e. The molecular formula is C13H20ClN3O2.